The van der Waals surface area contributed by atoms with Crippen molar-refractivity contribution < 1.29 is 9.90 Å². The minimum Gasteiger partial charge on any atom is -0.389 e. The van der Waals surface area contributed by atoms with E-state index in [4.69, 9.17) is 0 Å². The van der Waals surface area contributed by atoms with Crippen molar-refractivity contribution in [3.05, 3.63) is 10.6 Å². The van der Waals surface area contributed by atoms with Crippen molar-refractivity contribution in [3.8, 4) is 0 Å². The van der Waals surface area contributed by atoms with Crippen LogP contribution in [0.4, 0.5) is 0 Å². The van der Waals surface area contributed by atoms with Gasteiger partial charge < -0.3 is 10.0 Å². The van der Waals surface area contributed by atoms with Crippen molar-refractivity contribution in [1.29, 1.82) is 0 Å². The summed E-state index contributed by atoms with van der Waals surface area (Å²) in [4.78, 5) is 14.2. The first kappa shape index (κ1) is 13.1. The van der Waals surface area contributed by atoms with Crippen molar-refractivity contribution >= 4 is 17.4 Å². The number of amides is 1. The van der Waals surface area contributed by atoms with Gasteiger partial charge in [0.2, 0.25) is 0 Å². The molecule has 5 nitrogen and oxygen atoms in total. The average molecular weight is 243 g/mol. The van der Waals surface area contributed by atoms with Crippen LogP contribution in [0.15, 0.2) is 0 Å². The van der Waals surface area contributed by atoms with E-state index < -0.39 is 5.60 Å². The van der Waals surface area contributed by atoms with Crippen LogP contribution in [0.2, 0.25) is 0 Å². The first-order valence-corrected chi connectivity index (χ1v) is 5.93. The second-order valence-corrected chi connectivity index (χ2v) is 5.07. The average Bonchev–Trinajstić information content (AvgIpc) is 2.58. The number of hydrogen-bond donors (Lipinski definition) is 1. The molecule has 0 radical (unpaired) electrons. The highest BCUT2D eigenvalue weighted by Gasteiger charge is 2.24. The molecule has 1 rings (SSSR count). The molecule has 0 aliphatic carbocycles. The topological polar surface area (TPSA) is 66.3 Å². The predicted octanol–water partition coefficient (Wildman–Crippen LogP) is 1.08. The SMILES string of the molecule is CCN(CC(C)(C)O)C(=O)c1snnc1C. The molecule has 1 aromatic rings. The molecule has 1 heterocycles. The molecule has 0 aliphatic heterocycles. The molecule has 0 atom stereocenters. The van der Waals surface area contributed by atoms with Crippen LogP contribution in [-0.4, -0.2) is 44.2 Å². The van der Waals surface area contributed by atoms with Gasteiger partial charge in [0.25, 0.3) is 5.91 Å². The Morgan fingerprint density at radius 2 is 2.19 bits per heavy atom. The van der Waals surface area contributed by atoms with Crippen LogP contribution in [0.25, 0.3) is 0 Å². The van der Waals surface area contributed by atoms with Gasteiger partial charge in [-0.3, -0.25) is 4.79 Å². The lowest BCUT2D eigenvalue weighted by atomic mass is 10.1. The van der Waals surface area contributed by atoms with E-state index in [9.17, 15) is 9.90 Å². The van der Waals surface area contributed by atoms with Crippen molar-refractivity contribution in [1.82, 2.24) is 14.5 Å². The highest BCUT2D eigenvalue weighted by Crippen LogP contribution is 2.14. The van der Waals surface area contributed by atoms with Crippen LogP contribution in [0.3, 0.4) is 0 Å². The summed E-state index contributed by atoms with van der Waals surface area (Å²) in [7, 11) is 0. The summed E-state index contributed by atoms with van der Waals surface area (Å²) >= 11 is 1.09. The molecule has 0 unspecified atom stereocenters. The quantitative estimate of drug-likeness (QED) is 0.859. The van der Waals surface area contributed by atoms with E-state index in [0.29, 0.717) is 23.7 Å². The predicted molar refractivity (Wildman–Crippen MR) is 62.5 cm³/mol. The second-order valence-electron chi connectivity index (χ2n) is 4.32. The van der Waals surface area contributed by atoms with Gasteiger partial charge in [0.05, 0.1) is 11.3 Å². The van der Waals surface area contributed by atoms with Crippen LogP contribution in [-0.2, 0) is 0 Å². The van der Waals surface area contributed by atoms with Gasteiger partial charge in [-0.15, -0.1) is 5.10 Å². The first-order chi connectivity index (χ1) is 7.35. The Kier molecular flexibility index (Phi) is 3.98. The smallest absolute Gasteiger partial charge is 0.267 e. The van der Waals surface area contributed by atoms with E-state index >= 15 is 0 Å². The van der Waals surface area contributed by atoms with Gasteiger partial charge in [-0.25, -0.2) is 0 Å². The van der Waals surface area contributed by atoms with E-state index in [-0.39, 0.29) is 5.91 Å². The van der Waals surface area contributed by atoms with E-state index in [1.807, 2.05) is 6.92 Å². The van der Waals surface area contributed by atoms with Crippen molar-refractivity contribution in [3.63, 3.8) is 0 Å². The van der Waals surface area contributed by atoms with Crippen molar-refractivity contribution in [2.75, 3.05) is 13.1 Å². The molecule has 1 amide bonds. The molecule has 16 heavy (non-hydrogen) atoms. The Bertz CT molecular complexity index is 370. The molecule has 1 aromatic heterocycles. The summed E-state index contributed by atoms with van der Waals surface area (Å²) in [5, 5.41) is 13.5. The zero-order valence-corrected chi connectivity index (χ0v) is 10.8. The van der Waals surface area contributed by atoms with Gasteiger partial charge in [-0.05, 0) is 39.2 Å². The van der Waals surface area contributed by atoms with Crippen LogP contribution in [0.1, 0.15) is 36.1 Å². The number of aromatic nitrogens is 2. The molecule has 1 N–H and O–H groups in total. The second kappa shape index (κ2) is 4.88. The summed E-state index contributed by atoms with van der Waals surface area (Å²) in [5.74, 6) is -0.114. The number of likely N-dealkylation sites (N-methyl/N-ethyl adjacent to an activating group) is 1. The molecule has 0 spiro atoms. The van der Waals surface area contributed by atoms with Crippen molar-refractivity contribution in [2.24, 2.45) is 0 Å². The van der Waals surface area contributed by atoms with Gasteiger partial charge in [0.1, 0.15) is 4.88 Å². The van der Waals surface area contributed by atoms with Crippen LogP contribution in [0, 0.1) is 6.92 Å². The Balaban J connectivity index is 2.82. The normalized spacial score (nSPS) is 11.6. The Morgan fingerprint density at radius 3 is 2.56 bits per heavy atom. The van der Waals surface area contributed by atoms with Gasteiger partial charge >= 0.3 is 0 Å². The summed E-state index contributed by atoms with van der Waals surface area (Å²) in [6, 6.07) is 0. The fourth-order valence-corrected chi connectivity index (χ4v) is 1.99. The maximum atomic E-state index is 12.1. The molecule has 0 saturated carbocycles. The Hall–Kier alpha value is -1.01. The minimum atomic E-state index is -0.891. The van der Waals surface area contributed by atoms with Crippen LogP contribution < -0.4 is 0 Å². The van der Waals surface area contributed by atoms with Crippen LogP contribution in [0.5, 0.6) is 0 Å². The van der Waals surface area contributed by atoms with Crippen molar-refractivity contribution in [2.45, 2.75) is 33.3 Å². The molecule has 0 bridgehead atoms. The number of hydrogen-bond acceptors (Lipinski definition) is 5. The summed E-state index contributed by atoms with van der Waals surface area (Å²) in [6.45, 7) is 7.86. The van der Waals surface area contributed by atoms with E-state index in [0.717, 1.165) is 11.5 Å². The zero-order chi connectivity index (χ0) is 12.3. The van der Waals surface area contributed by atoms with Gasteiger partial charge in [0, 0.05) is 13.1 Å². The zero-order valence-electron chi connectivity index (χ0n) is 10.0. The fourth-order valence-electron chi connectivity index (χ4n) is 1.37. The third-order valence-electron chi connectivity index (χ3n) is 2.09. The minimum absolute atomic E-state index is 0.114. The molecule has 0 aromatic carbocycles. The lowest BCUT2D eigenvalue weighted by Gasteiger charge is -2.27. The molecule has 6 heteroatoms. The number of aryl methyl sites for hydroxylation is 1. The highest BCUT2D eigenvalue weighted by atomic mass is 32.1. The maximum absolute atomic E-state index is 12.1. The molecule has 0 aliphatic rings. The number of carbonyl (C=O) groups is 1. The standard InChI is InChI=1S/C10H17N3O2S/c1-5-13(6-10(3,4)15)9(14)8-7(2)11-12-16-8/h15H,5-6H2,1-4H3. The Morgan fingerprint density at radius 1 is 1.56 bits per heavy atom. The van der Waals surface area contributed by atoms with Gasteiger partial charge in [0.15, 0.2) is 0 Å². The van der Waals surface area contributed by atoms with E-state index in [1.54, 1.807) is 25.7 Å². The fraction of sp³-hybridized carbons (Fsp3) is 0.700. The molecular weight excluding hydrogens is 226 g/mol. The summed E-state index contributed by atoms with van der Waals surface area (Å²) in [5.41, 5.74) is -0.248. The lowest BCUT2D eigenvalue weighted by molar-refractivity contribution is 0.0316. The summed E-state index contributed by atoms with van der Waals surface area (Å²) in [6.07, 6.45) is 0. The maximum Gasteiger partial charge on any atom is 0.267 e. The number of aliphatic hydroxyl groups is 1. The molecule has 90 valence electrons. The molecule has 0 saturated heterocycles. The third-order valence-corrected chi connectivity index (χ3v) is 2.91. The number of rotatable bonds is 4. The monoisotopic (exact) mass is 243 g/mol. The highest BCUT2D eigenvalue weighted by molar-refractivity contribution is 7.07. The Labute approximate surface area is 99.3 Å². The first-order valence-electron chi connectivity index (χ1n) is 5.15. The molecule has 0 fully saturated rings. The number of carbonyl (C=O) groups excluding carboxylic acids is 1. The summed E-state index contributed by atoms with van der Waals surface area (Å²) < 4.78 is 3.74. The third kappa shape index (κ3) is 3.24. The number of nitrogens with zero attached hydrogens (tertiary/aromatic N) is 3. The van der Waals surface area contributed by atoms with Gasteiger partial charge in [-0.1, -0.05) is 4.49 Å². The van der Waals surface area contributed by atoms with E-state index in [2.05, 4.69) is 9.59 Å². The lowest BCUT2D eigenvalue weighted by Crippen LogP contribution is -2.42. The molecular formula is C10H17N3O2S. The van der Waals surface area contributed by atoms with E-state index in [1.165, 1.54) is 0 Å². The largest absolute Gasteiger partial charge is 0.389 e. The van der Waals surface area contributed by atoms with Gasteiger partial charge in [-0.2, -0.15) is 0 Å². The van der Waals surface area contributed by atoms with Crippen LogP contribution >= 0.6 is 11.5 Å².